The van der Waals surface area contributed by atoms with E-state index >= 15 is 0 Å². The van der Waals surface area contributed by atoms with Gasteiger partial charge in [0.15, 0.2) is 5.76 Å². The van der Waals surface area contributed by atoms with Crippen molar-refractivity contribution in [2.75, 3.05) is 24.6 Å². The van der Waals surface area contributed by atoms with Crippen LogP contribution in [-0.2, 0) is 20.7 Å². The molecular weight excluding hydrogens is 526 g/mol. The van der Waals surface area contributed by atoms with Gasteiger partial charge in [0.1, 0.15) is 0 Å². The van der Waals surface area contributed by atoms with E-state index in [0.717, 1.165) is 29.0 Å². The SMILES string of the molecule is CCOC(=O)c1ccccc1/N=C1\O/C(=C/c2ccc(N(CC)c3ccccc3)cc2)C(=O)N1CCc1ccccc1. The fraction of sp³-hybridized carbons (Fsp3) is 0.171. The van der Waals surface area contributed by atoms with Crippen molar-refractivity contribution < 1.29 is 19.1 Å². The van der Waals surface area contributed by atoms with Crippen LogP contribution in [0.15, 0.2) is 120 Å². The third-order valence-corrected chi connectivity index (χ3v) is 6.86. The first-order valence-electron chi connectivity index (χ1n) is 14.1. The molecule has 1 saturated heterocycles. The molecular formula is C35H33N3O4. The van der Waals surface area contributed by atoms with E-state index in [0.29, 0.717) is 24.2 Å². The Hall–Kier alpha value is -5.17. The molecule has 0 radical (unpaired) electrons. The number of aliphatic imine (C=N–C) groups is 1. The number of hydrogen-bond acceptors (Lipinski definition) is 6. The molecule has 7 nitrogen and oxygen atoms in total. The maximum absolute atomic E-state index is 13.6. The number of nitrogens with zero attached hydrogens (tertiary/aromatic N) is 3. The molecule has 1 aliphatic heterocycles. The van der Waals surface area contributed by atoms with Gasteiger partial charge in [-0.25, -0.2) is 4.79 Å². The molecule has 5 rings (SSSR count). The highest BCUT2D eigenvalue weighted by Crippen LogP contribution is 2.28. The van der Waals surface area contributed by atoms with Crippen LogP contribution >= 0.6 is 0 Å². The van der Waals surface area contributed by atoms with Crippen LogP contribution < -0.4 is 4.90 Å². The predicted molar refractivity (Wildman–Crippen MR) is 166 cm³/mol. The summed E-state index contributed by atoms with van der Waals surface area (Å²) in [5.74, 6) is -0.606. The Kier molecular flexibility index (Phi) is 9.09. The third kappa shape index (κ3) is 6.58. The van der Waals surface area contributed by atoms with E-state index in [4.69, 9.17) is 9.47 Å². The second-order valence-electron chi connectivity index (χ2n) is 9.61. The smallest absolute Gasteiger partial charge is 0.340 e. The molecule has 1 fully saturated rings. The lowest BCUT2D eigenvalue weighted by Gasteiger charge is -2.23. The van der Waals surface area contributed by atoms with Gasteiger partial charge in [-0.3, -0.25) is 9.69 Å². The highest BCUT2D eigenvalue weighted by atomic mass is 16.5. The zero-order chi connectivity index (χ0) is 29.3. The molecule has 4 aromatic rings. The summed E-state index contributed by atoms with van der Waals surface area (Å²) in [5.41, 5.74) is 4.74. The lowest BCUT2D eigenvalue weighted by atomic mass is 10.1. The van der Waals surface area contributed by atoms with Gasteiger partial charge in [0.05, 0.1) is 17.9 Å². The first-order chi connectivity index (χ1) is 20.6. The van der Waals surface area contributed by atoms with E-state index in [1.807, 2.05) is 72.8 Å². The fourth-order valence-electron chi connectivity index (χ4n) is 4.75. The van der Waals surface area contributed by atoms with Crippen LogP contribution in [0.5, 0.6) is 0 Å². The van der Waals surface area contributed by atoms with E-state index in [9.17, 15) is 9.59 Å². The number of amidine groups is 1. The molecule has 1 heterocycles. The van der Waals surface area contributed by atoms with Crippen molar-refractivity contribution in [2.24, 2.45) is 4.99 Å². The first-order valence-corrected chi connectivity index (χ1v) is 14.1. The van der Waals surface area contributed by atoms with Gasteiger partial charge in [-0.1, -0.05) is 72.8 Å². The van der Waals surface area contributed by atoms with Crippen LogP contribution in [0.25, 0.3) is 6.08 Å². The van der Waals surface area contributed by atoms with E-state index in [1.54, 1.807) is 37.3 Å². The summed E-state index contributed by atoms with van der Waals surface area (Å²) >= 11 is 0. The largest absolute Gasteiger partial charge is 0.462 e. The van der Waals surface area contributed by atoms with Crippen LogP contribution in [-0.4, -0.2) is 42.5 Å². The van der Waals surface area contributed by atoms with Gasteiger partial charge in [0, 0.05) is 24.5 Å². The molecule has 0 N–H and O–H groups in total. The quantitative estimate of drug-likeness (QED) is 0.152. The first kappa shape index (κ1) is 28.4. The van der Waals surface area contributed by atoms with Gasteiger partial charge in [-0.15, -0.1) is 0 Å². The number of para-hydroxylation sites is 2. The molecule has 0 unspecified atom stereocenters. The van der Waals surface area contributed by atoms with Crippen molar-refractivity contribution in [3.63, 3.8) is 0 Å². The Bertz CT molecular complexity index is 1580. The average Bonchev–Trinajstić information content (AvgIpc) is 3.31. The zero-order valence-electron chi connectivity index (χ0n) is 23.8. The van der Waals surface area contributed by atoms with Crippen LogP contribution in [0.1, 0.15) is 35.3 Å². The number of ether oxygens (including phenoxy) is 2. The number of amides is 1. The molecule has 0 spiro atoms. The molecule has 0 aromatic heterocycles. The third-order valence-electron chi connectivity index (χ3n) is 6.86. The summed E-state index contributed by atoms with van der Waals surface area (Å²) in [6.07, 6.45) is 2.34. The van der Waals surface area contributed by atoms with Crippen LogP contribution in [0, 0.1) is 0 Å². The molecule has 7 heteroatoms. The minimum atomic E-state index is -0.481. The van der Waals surface area contributed by atoms with Crippen molar-refractivity contribution in [1.82, 2.24) is 4.90 Å². The maximum Gasteiger partial charge on any atom is 0.340 e. The van der Waals surface area contributed by atoms with Gasteiger partial charge < -0.3 is 14.4 Å². The summed E-state index contributed by atoms with van der Waals surface area (Å²) in [6.45, 7) is 5.28. The van der Waals surface area contributed by atoms with E-state index in [2.05, 4.69) is 28.9 Å². The standard InChI is InChI=1S/C35H33N3O4/c1-3-37(28-15-9-6-10-16-28)29-21-19-27(20-22-29)25-32-33(39)38(24-23-26-13-7-5-8-14-26)35(42-32)36-31-18-12-11-17-30(31)34(40)41-4-2/h5-22,25H,3-4,23-24H2,1-2H3/b32-25+,36-35-. The number of carbonyl (C=O) groups is 2. The molecule has 0 aliphatic carbocycles. The van der Waals surface area contributed by atoms with Gasteiger partial charge in [0.25, 0.3) is 5.91 Å². The molecule has 42 heavy (non-hydrogen) atoms. The molecule has 0 bridgehead atoms. The minimum absolute atomic E-state index is 0.122. The number of rotatable bonds is 10. The van der Waals surface area contributed by atoms with Crippen molar-refractivity contribution >= 4 is 41.0 Å². The van der Waals surface area contributed by atoms with Gasteiger partial charge in [-0.2, -0.15) is 4.99 Å². The van der Waals surface area contributed by atoms with E-state index in [1.165, 1.54) is 4.90 Å². The lowest BCUT2D eigenvalue weighted by Crippen LogP contribution is -2.32. The second kappa shape index (κ2) is 13.5. The highest BCUT2D eigenvalue weighted by Gasteiger charge is 2.35. The summed E-state index contributed by atoms with van der Waals surface area (Å²) < 4.78 is 11.3. The molecule has 1 aliphatic rings. The molecule has 1 amide bonds. The van der Waals surface area contributed by atoms with E-state index in [-0.39, 0.29) is 24.3 Å². The molecule has 0 atom stereocenters. The topological polar surface area (TPSA) is 71.4 Å². The molecule has 212 valence electrons. The number of benzene rings is 4. The Balaban J connectivity index is 1.44. The van der Waals surface area contributed by atoms with Crippen LogP contribution in [0.3, 0.4) is 0 Å². The van der Waals surface area contributed by atoms with Crippen molar-refractivity contribution in [1.29, 1.82) is 0 Å². The fourth-order valence-corrected chi connectivity index (χ4v) is 4.75. The lowest BCUT2D eigenvalue weighted by molar-refractivity contribution is -0.122. The number of anilines is 2. The Labute approximate surface area is 246 Å². The van der Waals surface area contributed by atoms with Gasteiger partial charge in [-0.05, 0) is 73.9 Å². The minimum Gasteiger partial charge on any atom is -0.462 e. The zero-order valence-corrected chi connectivity index (χ0v) is 23.8. The van der Waals surface area contributed by atoms with E-state index < -0.39 is 5.97 Å². The van der Waals surface area contributed by atoms with Crippen molar-refractivity contribution in [3.8, 4) is 0 Å². The number of hydrogen-bond donors (Lipinski definition) is 0. The van der Waals surface area contributed by atoms with Gasteiger partial charge in [0.2, 0.25) is 0 Å². The van der Waals surface area contributed by atoms with Crippen molar-refractivity contribution in [3.05, 3.63) is 132 Å². The summed E-state index contributed by atoms with van der Waals surface area (Å²) in [4.78, 5) is 34.5. The Morgan fingerprint density at radius 3 is 2.19 bits per heavy atom. The number of esters is 1. The number of carbonyl (C=O) groups excluding carboxylic acids is 2. The summed E-state index contributed by atoms with van der Waals surface area (Å²) in [6, 6.07) is 35.1. The highest BCUT2D eigenvalue weighted by molar-refractivity contribution is 6.12. The Morgan fingerprint density at radius 1 is 0.857 bits per heavy atom. The normalized spacial score (nSPS) is 14.7. The Morgan fingerprint density at radius 2 is 1.50 bits per heavy atom. The second-order valence-corrected chi connectivity index (χ2v) is 9.61. The van der Waals surface area contributed by atoms with Crippen LogP contribution in [0.4, 0.5) is 17.1 Å². The monoisotopic (exact) mass is 559 g/mol. The predicted octanol–water partition coefficient (Wildman–Crippen LogP) is 7.15. The maximum atomic E-state index is 13.6. The summed E-state index contributed by atoms with van der Waals surface area (Å²) in [7, 11) is 0. The molecule has 4 aromatic carbocycles. The van der Waals surface area contributed by atoms with Gasteiger partial charge >= 0.3 is 12.0 Å². The molecule has 0 saturated carbocycles. The van der Waals surface area contributed by atoms with Crippen molar-refractivity contribution in [2.45, 2.75) is 20.3 Å². The summed E-state index contributed by atoms with van der Waals surface area (Å²) in [5, 5.41) is 0. The average molecular weight is 560 g/mol. The van der Waals surface area contributed by atoms with Crippen LogP contribution in [0.2, 0.25) is 0 Å².